The molecule has 0 spiro atoms. The zero-order chi connectivity index (χ0) is 13.9. The van der Waals surface area contributed by atoms with Crippen LogP contribution >= 0.6 is 11.6 Å². The van der Waals surface area contributed by atoms with Crippen LogP contribution in [-0.2, 0) is 9.84 Å². The highest BCUT2D eigenvalue weighted by Gasteiger charge is 2.17. The average Bonchev–Trinajstić information content (AvgIpc) is 2.27. The molecule has 0 aromatic carbocycles. The van der Waals surface area contributed by atoms with Gasteiger partial charge in [-0.05, 0) is 6.07 Å². The third-order valence-corrected chi connectivity index (χ3v) is 3.48. The molecule has 0 atom stereocenters. The number of hydrogen-bond donors (Lipinski definition) is 1. The fourth-order valence-corrected chi connectivity index (χ4v) is 2.02. The van der Waals surface area contributed by atoms with E-state index in [-0.39, 0.29) is 28.7 Å². The molecule has 0 aliphatic rings. The molecule has 1 heterocycles. The number of pyridine rings is 1. The number of nitrogens with two attached hydrogens (primary N) is 1. The minimum absolute atomic E-state index is 0.0935. The van der Waals surface area contributed by atoms with Gasteiger partial charge in [0.1, 0.15) is 15.7 Å². The number of rotatable bonds is 4. The minimum atomic E-state index is -3.12. The Morgan fingerprint density at radius 1 is 1.56 bits per heavy atom. The van der Waals surface area contributed by atoms with Gasteiger partial charge in [0.2, 0.25) is 0 Å². The lowest BCUT2D eigenvalue weighted by molar-refractivity contribution is 0.0803. The lowest BCUT2D eigenvalue weighted by atomic mass is 10.2. The van der Waals surface area contributed by atoms with Crippen molar-refractivity contribution in [3.63, 3.8) is 0 Å². The normalized spacial score (nSPS) is 11.3. The van der Waals surface area contributed by atoms with E-state index in [1.165, 1.54) is 24.2 Å². The first-order chi connectivity index (χ1) is 8.20. The Labute approximate surface area is 111 Å². The Hall–Kier alpha value is -1.34. The first-order valence-corrected chi connectivity index (χ1v) is 7.49. The molecule has 6 nitrogen and oxygen atoms in total. The van der Waals surface area contributed by atoms with Gasteiger partial charge in [0, 0.05) is 26.0 Å². The highest BCUT2D eigenvalue weighted by atomic mass is 35.5. The van der Waals surface area contributed by atoms with Crippen LogP contribution in [0.4, 0.5) is 5.82 Å². The number of carbonyl (C=O) groups excluding carboxylic acids is 1. The summed E-state index contributed by atoms with van der Waals surface area (Å²) in [7, 11) is -1.62. The summed E-state index contributed by atoms with van der Waals surface area (Å²) in [5, 5.41) is 0.181. The van der Waals surface area contributed by atoms with Crippen LogP contribution in [0.5, 0.6) is 0 Å². The number of halogens is 1. The lowest BCUT2D eigenvalue weighted by Gasteiger charge is -2.17. The molecule has 0 radical (unpaired) electrons. The Morgan fingerprint density at radius 2 is 2.17 bits per heavy atom. The van der Waals surface area contributed by atoms with Gasteiger partial charge in [-0.1, -0.05) is 11.6 Å². The highest BCUT2D eigenvalue weighted by molar-refractivity contribution is 7.90. The molecule has 2 N–H and O–H groups in total. The summed E-state index contributed by atoms with van der Waals surface area (Å²) in [6.45, 7) is 0.0935. The summed E-state index contributed by atoms with van der Waals surface area (Å²) in [6.07, 6.45) is 2.40. The van der Waals surface area contributed by atoms with Crippen LogP contribution in [0.1, 0.15) is 10.4 Å². The summed E-state index contributed by atoms with van der Waals surface area (Å²) < 4.78 is 22.0. The lowest BCUT2D eigenvalue weighted by Crippen LogP contribution is -2.31. The number of anilines is 1. The topological polar surface area (TPSA) is 93.4 Å². The van der Waals surface area contributed by atoms with Crippen molar-refractivity contribution in [3.05, 3.63) is 22.8 Å². The molecule has 0 saturated carbocycles. The average molecular weight is 292 g/mol. The van der Waals surface area contributed by atoms with Gasteiger partial charge in [0.25, 0.3) is 5.91 Å². The number of nitrogens with zero attached hydrogens (tertiary/aromatic N) is 2. The summed E-state index contributed by atoms with van der Waals surface area (Å²) in [5.41, 5.74) is 5.68. The van der Waals surface area contributed by atoms with Crippen molar-refractivity contribution < 1.29 is 13.2 Å². The number of amides is 1. The van der Waals surface area contributed by atoms with Gasteiger partial charge in [-0.25, -0.2) is 13.4 Å². The van der Waals surface area contributed by atoms with Crippen molar-refractivity contribution in [3.8, 4) is 0 Å². The smallest absolute Gasteiger partial charge is 0.255 e. The molecule has 1 aromatic rings. The van der Waals surface area contributed by atoms with E-state index in [0.29, 0.717) is 0 Å². The van der Waals surface area contributed by atoms with Gasteiger partial charge >= 0.3 is 0 Å². The van der Waals surface area contributed by atoms with E-state index in [4.69, 9.17) is 17.3 Å². The number of carbonyl (C=O) groups is 1. The first kappa shape index (κ1) is 14.7. The third kappa shape index (κ3) is 4.15. The Bertz CT molecular complexity index is 559. The maximum atomic E-state index is 12.0. The first-order valence-electron chi connectivity index (χ1n) is 5.05. The number of aromatic nitrogens is 1. The monoisotopic (exact) mass is 291 g/mol. The molecular weight excluding hydrogens is 278 g/mol. The second-order valence-corrected chi connectivity index (χ2v) is 6.61. The van der Waals surface area contributed by atoms with Crippen LogP contribution in [0.3, 0.4) is 0 Å². The van der Waals surface area contributed by atoms with Gasteiger partial charge in [-0.3, -0.25) is 4.79 Å². The number of sulfone groups is 1. The fraction of sp³-hybridized carbons (Fsp3) is 0.400. The predicted octanol–water partition coefficient (Wildman–Crippen LogP) is 0.434. The third-order valence-electron chi connectivity index (χ3n) is 2.25. The van der Waals surface area contributed by atoms with Gasteiger partial charge < -0.3 is 10.6 Å². The Balaban J connectivity index is 2.83. The van der Waals surface area contributed by atoms with E-state index < -0.39 is 15.7 Å². The Kier molecular flexibility index (Phi) is 4.53. The van der Waals surface area contributed by atoms with E-state index in [1.54, 1.807) is 0 Å². The summed E-state index contributed by atoms with van der Waals surface area (Å²) >= 11 is 5.84. The van der Waals surface area contributed by atoms with Crippen molar-refractivity contribution >= 4 is 33.2 Å². The van der Waals surface area contributed by atoms with Crippen LogP contribution < -0.4 is 5.73 Å². The SMILES string of the molecule is CN(CCS(C)(=O)=O)C(=O)c1cc(N)ncc1Cl. The van der Waals surface area contributed by atoms with E-state index >= 15 is 0 Å². The Morgan fingerprint density at radius 3 is 2.72 bits per heavy atom. The highest BCUT2D eigenvalue weighted by Crippen LogP contribution is 2.18. The van der Waals surface area contributed by atoms with Crippen LogP contribution in [0.25, 0.3) is 0 Å². The van der Waals surface area contributed by atoms with Crippen molar-refractivity contribution in [1.29, 1.82) is 0 Å². The quantitative estimate of drug-likeness (QED) is 0.868. The fourth-order valence-electron chi connectivity index (χ4n) is 1.23. The number of nitrogen functional groups attached to an aromatic ring is 1. The second-order valence-electron chi connectivity index (χ2n) is 3.95. The molecular formula is C10H14ClN3O3S. The van der Waals surface area contributed by atoms with Crippen molar-refractivity contribution in [1.82, 2.24) is 9.88 Å². The van der Waals surface area contributed by atoms with Crippen molar-refractivity contribution in [2.24, 2.45) is 0 Å². The molecule has 100 valence electrons. The van der Waals surface area contributed by atoms with Crippen LogP contribution in [0.2, 0.25) is 5.02 Å². The zero-order valence-electron chi connectivity index (χ0n) is 10.1. The van der Waals surface area contributed by atoms with E-state index in [9.17, 15) is 13.2 Å². The zero-order valence-corrected chi connectivity index (χ0v) is 11.6. The molecule has 8 heteroatoms. The molecule has 18 heavy (non-hydrogen) atoms. The van der Waals surface area contributed by atoms with Crippen LogP contribution in [-0.4, -0.2) is 49.8 Å². The second kappa shape index (κ2) is 5.53. The molecule has 0 saturated heterocycles. The number of hydrogen-bond acceptors (Lipinski definition) is 5. The molecule has 0 aliphatic carbocycles. The molecule has 1 amide bonds. The summed E-state index contributed by atoms with van der Waals surface area (Å²) in [4.78, 5) is 17.0. The van der Waals surface area contributed by atoms with E-state index in [0.717, 1.165) is 6.26 Å². The maximum Gasteiger partial charge on any atom is 0.255 e. The van der Waals surface area contributed by atoms with Crippen LogP contribution in [0.15, 0.2) is 12.3 Å². The van der Waals surface area contributed by atoms with Gasteiger partial charge in [0.15, 0.2) is 0 Å². The van der Waals surface area contributed by atoms with E-state index in [2.05, 4.69) is 4.98 Å². The van der Waals surface area contributed by atoms with E-state index in [1.807, 2.05) is 0 Å². The molecule has 0 unspecified atom stereocenters. The van der Waals surface area contributed by atoms with Crippen molar-refractivity contribution in [2.45, 2.75) is 0 Å². The molecule has 0 aliphatic heterocycles. The molecule has 0 bridgehead atoms. The standard InChI is InChI=1S/C10H14ClN3O3S/c1-14(3-4-18(2,16)17)10(15)7-5-9(12)13-6-8(7)11/h5-6H,3-4H2,1-2H3,(H2,12,13). The van der Waals surface area contributed by atoms with Crippen molar-refractivity contribution in [2.75, 3.05) is 31.3 Å². The largest absolute Gasteiger partial charge is 0.384 e. The molecule has 1 rings (SSSR count). The summed E-state index contributed by atoms with van der Waals surface area (Å²) in [5.74, 6) is -0.315. The molecule has 0 fully saturated rings. The predicted molar refractivity (Wildman–Crippen MR) is 70.3 cm³/mol. The minimum Gasteiger partial charge on any atom is -0.384 e. The van der Waals surface area contributed by atoms with Gasteiger partial charge in [-0.2, -0.15) is 0 Å². The van der Waals surface area contributed by atoms with Gasteiger partial charge in [-0.15, -0.1) is 0 Å². The summed E-state index contributed by atoms with van der Waals surface area (Å²) in [6, 6.07) is 1.36. The molecule has 1 aromatic heterocycles. The van der Waals surface area contributed by atoms with Gasteiger partial charge in [0.05, 0.1) is 16.3 Å². The maximum absolute atomic E-state index is 12.0. The van der Waals surface area contributed by atoms with Crippen LogP contribution in [0, 0.1) is 0 Å².